The van der Waals surface area contributed by atoms with Gasteiger partial charge in [-0.2, -0.15) is 0 Å². The van der Waals surface area contributed by atoms with E-state index in [2.05, 4.69) is 10.6 Å². The lowest BCUT2D eigenvalue weighted by atomic mass is 10.0. The Morgan fingerprint density at radius 1 is 0.788 bits per heavy atom. The van der Waals surface area contributed by atoms with Crippen molar-refractivity contribution in [1.82, 2.24) is 10.6 Å². The van der Waals surface area contributed by atoms with Crippen LogP contribution in [0.1, 0.15) is 21.5 Å². The molecule has 2 amide bonds. The Labute approximate surface area is 193 Å². The van der Waals surface area contributed by atoms with Crippen molar-refractivity contribution in [2.45, 2.75) is 19.1 Å². The molecule has 0 aromatic heterocycles. The third-order valence-corrected chi connectivity index (χ3v) is 5.49. The monoisotopic (exact) mass is 438 g/mol. The lowest BCUT2D eigenvalue weighted by molar-refractivity contribution is -0.122. The van der Waals surface area contributed by atoms with Gasteiger partial charge in [-0.05, 0) is 46.2 Å². The fourth-order valence-corrected chi connectivity index (χ4v) is 3.65. The van der Waals surface area contributed by atoms with E-state index in [0.29, 0.717) is 18.6 Å². The van der Waals surface area contributed by atoms with Crippen LogP contribution in [-0.4, -0.2) is 24.9 Å². The Balaban J connectivity index is 1.41. The van der Waals surface area contributed by atoms with Gasteiger partial charge in [0.05, 0.1) is 0 Å². The highest BCUT2D eigenvalue weighted by atomic mass is 16.5. The van der Waals surface area contributed by atoms with Crippen LogP contribution in [0, 0.1) is 0 Å². The van der Waals surface area contributed by atoms with Crippen molar-refractivity contribution >= 4 is 22.6 Å². The molecule has 0 aliphatic carbocycles. The average molecular weight is 439 g/mol. The Morgan fingerprint density at radius 2 is 1.48 bits per heavy atom. The second kappa shape index (κ2) is 10.5. The molecule has 4 aromatic rings. The van der Waals surface area contributed by atoms with E-state index in [9.17, 15) is 9.59 Å². The number of hydrogen-bond acceptors (Lipinski definition) is 3. The molecule has 5 heteroatoms. The largest absolute Gasteiger partial charge is 0.489 e. The molecular weight excluding hydrogens is 412 g/mol. The Hall–Kier alpha value is -4.12. The van der Waals surface area contributed by atoms with Crippen LogP contribution < -0.4 is 15.4 Å². The average Bonchev–Trinajstić information content (AvgIpc) is 2.87. The van der Waals surface area contributed by atoms with Crippen molar-refractivity contribution in [2.75, 3.05) is 7.05 Å². The van der Waals surface area contributed by atoms with E-state index in [1.54, 1.807) is 13.1 Å². The molecule has 1 atom stereocenters. The number of hydrogen-bond donors (Lipinski definition) is 2. The third kappa shape index (κ3) is 5.77. The number of benzene rings is 4. The lowest BCUT2D eigenvalue weighted by Gasteiger charge is -2.18. The number of likely N-dealkylation sites (N-methyl/N-ethyl adjacent to an activating group) is 1. The van der Waals surface area contributed by atoms with Gasteiger partial charge < -0.3 is 15.4 Å². The number of carbonyl (C=O) groups excluding carboxylic acids is 2. The maximum absolute atomic E-state index is 12.9. The van der Waals surface area contributed by atoms with Crippen molar-refractivity contribution in [3.63, 3.8) is 0 Å². The minimum Gasteiger partial charge on any atom is -0.489 e. The van der Waals surface area contributed by atoms with Crippen molar-refractivity contribution in [1.29, 1.82) is 0 Å². The van der Waals surface area contributed by atoms with Crippen LogP contribution in [0.4, 0.5) is 0 Å². The van der Waals surface area contributed by atoms with Crippen LogP contribution in [-0.2, 0) is 17.8 Å². The van der Waals surface area contributed by atoms with E-state index in [0.717, 1.165) is 27.6 Å². The van der Waals surface area contributed by atoms with Gasteiger partial charge in [-0.25, -0.2) is 0 Å². The number of rotatable bonds is 8. The van der Waals surface area contributed by atoms with Gasteiger partial charge in [0, 0.05) is 19.0 Å². The quantitative estimate of drug-likeness (QED) is 0.426. The first-order chi connectivity index (χ1) is 16.1. The van der Waals surface area contributed by atoms with E-state index in [1.807, 2.05) is 91.0 Å². The zero-order valence-electron chi connectivity index (χ0n) is 18.5. The standard InChI is InChI=1S/C28H26N2O3/c1-29-28(32)26(30-27(31)24-14-13-22-9-5-6-10-23(22)18-24)17-20-11-15-25(16-12-20)33-19-21-7-3-2-4-8-21/h2-16,18,26H,17,19H2,1H3,(H,29,32)(H,30,31). The topological polar surface area (TPSA) is 67.4 Å². The van der Waals surface area contributed by atoms with E-state index in [-0.39, 0.29) is 11.8 Å². The number of nitrogens with one attached hydrogen (secondary N) is 2. The zero-order chi connectivity index (χ0) is 23.0. The summed E-state index contributed by atoms with van der Waals surface area (Å²) < 4.78 is 5.83. The van der Waals surface area contributed by atoms with Gasteiger partial charge in [0.25, 0.3) is 5.91 Å². The maximum atomic E-state index is 12.9. The summed E-state index contributed by atoms with van der Waals surface area (Å²) in [5, 5.41) is 7.56. The molecule has 0 radical (unpaired) electrons. The fraction of sp³-hybridized carbons (Fsp3) is 0.143. The van der Waals surface area contributed by atoms with Gasteiger partial charge in [0.1, 0.15) is 18.4 Å². The fourth-order valence-electron chi connectivity index (χ4n) is 3.65. The molecule has 166 valence electrons. The molecule has 2 N–H and O–H groups in total. The molecule has 0 aliphatic rings. The van der Waals surface area contributed by atoms with Gasteiger partial charge in [0.15, 0.2) is 0 Å². The predicted molar refractivity (Wildman–Crippen MR) is 130 cm³/mol. The summed E-state index contributed by atoms with van der Waals surface area (Å²) in [5.74, 6) is 0.227. The maximum Gasteiger partial charge on any atom is 0.251 e. The van der Waals surface area contributed by atoms with Gasteiger partial charge in [-0.1, -0.05) is 72.8 Å². The van der Waals surface area contributed by atoms with E-state index in [1.165, 1.54) is 0 Å². The molecule has 0 saturated carbocycles. The minimum atomic E-state index is -0.690. The second-order valence-corrected chi connectivity index (χ2v) is 7.82. The SMILES string of the molecule is CNC(=O)C(Cc1ccc(OCc2ccccc2)cc1)NC(=O)c1ccc2ccccc2c1. The first kappa shape index (κ1) is 22.1. The van der Waals surface area contributed by atoms with Crippen LogP contribution in [0.25, 0.3) is 10.8 Å². The van der Waals surface area contributed by atoms with Crippen molar-refractivity contribution in [3.8, 4) is 5.75 Å². The summed E-state index contributed by atoms with van der Waals surface area (Å²) in [6.07, 6.45) is 0.373. The summed E-state index contributed by atoms with van der Waals surface area (Å²) in [4.78, 5) is 25.3. The predicted octanol–water partition coefficient (Wildman–Crippen LogP) is 4.51. The minimum absolute atomic E-state index is 0.242. The molecule has 33 heavy (non-hydrogen) atoms. The zero-order valence-corrected chi connectivity index (χ0v) is 18.5. The Morgan fingerprint density at radius 3 is 2.21 bits per heavy atom. The second-order valence-electron chi connectivity index (χ2n) is 7.82. The summed E-state index contributed by atoms with van der Waals surface area (Å²) in [7, 11) is 1.57. The van der Waals surface area contributed by atoms with Gasteiger partial charge in [-0.15, -0.1) is 0 Å². The number of amides is 2. The highest BCUT2D eigenvalue weighted by molar-refractivity contribution is 6.00. The molecule has 0 spiro atoms. The number of fused-ring (bicyclic) bond motifs is 1. The van der Waals surface area contributed by atoms with Crippen LogP contribution in [0.3, 0.4) is 0 Å². The smallest absolute Gasteiger partial charge is 0.251 e. The van der Waals surface area contributed by atoms with E-state index in [4.69, 9.17) is 4.74 Å². The number of carbonyl (C=O) groups is 2. The van der Waals surface area contributed by atoms with Crippen LogP contribution in [0.5, 0.6) is 5.75 Å². The molecule has 0 heterocycles. The normalized spacial score (nSPS) is 11.5. The van der Waals surface area contributed by atoms with Crippen molar-refractivity contribution < 1.29 is 14.3 Å². The molecule has 1 unspecified atom stereocenters. The highest BCUT2D eigenvalue weighted by Gasteiger charge is 2.21. The lowest BCUT2D eigenvalue weighted by Crippen LogP contribution is -2.47. The third-order valence-electron chi connectivity index (χ3n) is 5.49. The van der Waals surface area contributed by atoms with E-state index >= 15 is 0 Å². The van der Waals surface area contributed by atoms with Crippen LogP contribution in [0.15, 0.2) is 97.1 Å². The molecule has 0 fully saturated rings. The first-order valence-corrected chi connectivity index (χ1v) is 10.9. The Bertz CT molecular complexity index is 1240. The number of ether oxygens (including phenoxy) is 1. The van der Waals surface area contributed by atoms with E-state index < -0.39 is 6.04 Å². The highest BCUT2D eigenvalue weighted by Crippen LogP contribution is 2.17. The first-order valence-electron chi connectivity index (χ1n) is 10.9. The summed E-state index contributed by atoms with van der Waals surface area (Å²) in [6, 6.07) is 30.2. The molecule has 0 saturated heterocycles. The van der Waals surface area contributed by atoms with Crippen molar-refractivity contribution in [2.24, 2.45) is 0 Å². The summed E-state index contributed by atoms with van der Waals surface area (Å²) in [5.41, 5.74) is 2.54. The molecule has 0 aliphatic heterocycles. The van der Waals surface area contributed by atoms with Gasteiger partial charge in [-0.3, -0.25) is 9.59 Å². The molecular formula is C28H26N2O3. The molecule has 5 nitrogen and oxygen atoms in total. The van der Waals surface area contributed by atoms with Crippen molar-refractivity contribution in [3.05, 3.63) is 114 Å². The molecule has 4 rings (SSSR count). The Kier molecular flexibility index (Phi) is 7.00. The van der Waals surface area contributed by atoms with Crippen LogP contribution in [0.2, 0.25) is 0 Å². The molecule has 0 bridgehead atoms. The summed E-state index contributed by atoms with van der Waals surface area (Å²) >= 11 is 0. The van der Waals surface area contributed by atoms with Gasteiger partial charge >= 0.3 is 0 Å². The molecule has 4 aromatic carbocycles. The van der Waals surface area contributed by atoms with Gasteiger partial charge in [0.2, 0.25) is 5.91 Å². The summed E-state index contributed by atoms with van der Waals surface area (Å²) in [6.45, 7) is 0.489. The van der Waals surface area contributed by atoms with Crippen LogP contribution >= 0.6 is 0 Å².